The lowest BCUT2D eigenvalue weighted by Gasteiger charge is -2.20. The van der Waals surface area contributed by atoms with Crippen LogP contribution in [0.25, 0.3) is 11.0 Å². The summed E-state index contributed by atoms with van der Waals surface area (Å²) in [7, 11) is 0. The van der Waals surface area contributed by atoms with Gasteiger partial charge in [0, 0.05) is 38.2 Å². The molecule has 4 rings (SSSR count). The highest BCUT2D eigenvalue weighted by atomic mass is 19.1. The number of carbonyl (C=O) groups excluding carboxylic acids is 2. The van der Waals surface area contributed by atoms with Gasteiger partial charge in [-0.3, -0.25) is 9.59 Å². The van der Waals surface area contributed by atoms with Gasteiger partial charge in [0.1, 0.15) is 17.4 Å². The molecule has 8 nitrogen and oxygen atoms in total. The summed E-state index contributed by atoms with van der Waals surface area (Å²) in [5.74, 6) is -2.31. The molecule has 1 aliphatic heterocycles. The molecule has 2 fully saturated rings. The molecule has 1 aliphatic carbocycles. The number of alkyl halides is 1. The van der Waals surface area contributed by atoms with Crippen molar-refractivity contribution in [2.45, 2.75) is 38.9 Å². The molecule has 2 aromatic heterocycles. The Morgan fingerprint density at radius 2 is 2.06 bits per heavy atom. The minimum atomic E-state index is -1.25. The summed E-state index contributed by atoms with van der Waals surface area (Å²) >= 11 is 0. The smallest absolute Gasteiger partial charge is 0.343 e. The molecule has 2 aliphatic rings. The second-order valence-corrected chi connectivity index (χ2v) is 8.01. The van der Waals surface area contributed by atoms with Gasteiger partial charge >= 0.3 is 5.97 Å². The van der Waals surface area contributed by atoms with Crippen molar-refractivity contribution in [2.75, 3.05) is 31.1 Å². The Kier molecular flexibility index (Phi) is 5.63. The summed E-state index contributed by atoms with van der Waals surface area (Å²) in [6, 6.07) is 1.12. The minimum absolute atomic E-state index is 0.00973. The molecule has 0 bridgehead atoms. The number of anilines is 1. The van der Waals surface area contributed by atoms with Gasteiger partial charge in [0.25, 0.3) is 0 Å². The first-order chi connectivity index (χ1) is 14.8. The summed E-state index contributed by atoms with van der Waals surface area (Å²) in [5.41, 5.74) is -0.537. The number of fused-ring (bicyclic) bond motifs is 1. The van der Waals surface area contributed by atoms with E-state index in [1.165, 1.54) is 18.0 Å². The fourth-order valence-electron chi connectivity index (χ4n) is 3.92. The zero-order chi connectivity index (χ0) is 22.3. The maximum atomic E-state index is 15.0. The molecule has 2 atom stereocenters. The Labute approximate surface area is 177 Å². The van der Waals surface area contributed by atoms with Crippen LogP contribution in [0, 0.1) is 11.7 Å². The number of carbonyl (C=O) groups is 2. The molecule has 31 heavy (non-hydrogen) atoms. The van der Waals surface area contributed by atoms with Gasteiger partial charge in [0.2, 0.25) is 11.3 Å². The van der Waals surface area contributed by atoms with Gasteiger partial charge in [-0.05, 0) is 25.8 Å². The predicted octanol–water partition coefficient (Wildman–Crippen LogP) is 1.96. The van der Waals surface area contributed by atoms with E-state index in [1.807, 2.05) is 0 Å². The molecule has 166 valence electrons. The van der Waals surface area contributed by atoms with Crippen molar-refractivity contribution in [3.8, 4) is 0 Å². The van der Waals surface area contributed by atoms with Gasteiger partial charge < -0.3 is 19.5 Å². The fraction of sp³-hybridized carbons (Fsp3) is 0.524. The van der Waals surface area contributed by atoms with E-state index in [2.05, 4.69) is 10.3 Å². The van der Waals surface area contributed by atoms with Crippen molar-refractivity contribution in [1.29, 1.82) is 0 Å². The quantitative estimate of drug-likeness (QED) is 0.699. The van der Waals surface area contributed by atoms with Crippen LogP contribution in [-0.4, -0.2) is 53.8 Å². The number of pyridine rings is 2. The van der Waals surface area contributed by atoms with E-state index < -0.39 is 29.3 Å². The van der Waals surface area contributed by atoms with Crippen LogP contribution in [0.4, 0.5) is 14.6 Å². The molecule has 1 saturated carbocycles. The van der Waals surface area contributed by atoms with Crippen LogP contribution in [0.3, 0.4) is 0 Å². The molecule has 0 radical (unpaired) electrons. The maximum absolute atomic E-state index is 15.0. The number of nitrogens with one attached hydrogen (secondary N) is 1. The minimum Gasteiger partial charge on any atom is -0.462 e. The first-order valence-corrected chi connectivity index (χ1v) is 10.4. The van der Waals surface area contributed by atoms with Crippen LogP contribution in [-0.2, 0) is 9.53 Å². The highest BCUT2D eigenvalue weighted by Gasteiger charge is 2.36. The SMILES string of the molecule is CCOC(=O)c1cn(C2CC2)c2nc(N3C[C@@H](CNC(C)=O)[C@@H](F)C3)c(F)cc2c1=O. The zero-order valence-electron chi connectivity index (χ0n) is 17.4. The third-order valence-electron chi connectivity index (χ3n) is 5.65. The van der Waals surface area contributed by atoms with Crippen molar-refractivity contribution >= 4 is 28.7 Å². The molecule has 0 spiro atoms. The summed E-state index contributed by atoms with van der Waals surface area (Å²) in [6.45, 7) is 3.38. The van der Waals surface area contributed by atoms with Crippen LogP contribution in [0.15, 0.2) is 17.1 Å². The molecule has 3 heterocycles. The van der Waals surface area contributed by atoms with E-state index in [9.17, 15) is 23.2 Å². The Morgan fingerprint density at radius 3 is 2.71 bits per heavy atom. The number of nitrogens with zero attached hydrogens (tertiary/aromatic N) is 3. The highest BCUT2D eigenvalue weighted by Crippen LogP contribution is 2.37. The Balaban J connectivity index is 1.74. The van der Waals surface area contributed by atoms with E-state index in [0.717, 1.165) is 18.9 Å². The van der Waals surface area contributed by atoms with Gasteiger partial charge in [-0.2, -0.15) is 0 Å². The van der Waals surface area contributed by atoms with Crippen molar-refractivity contribution in [1.82, 2.24) is 14.9 Å². The average molecular weight is 434 g/mol. The van der Waals surface area contributed by atoms with E-state index in [-0.39, 0.29) is 60.6 Å². The number of hydrogen-bond acceptors (Lipinski definition) is 6. The third kappa shape index (κ3) is 4.11. The monoisotopic (exact) mass is 434 g/mol. The van der Waals surface area contributed by atoms with Crippen LogP contribution in [0.2, 0.25) is 0 Å². The van der Waals surface area contributed by atoms with E-state index >= 15 is 0 Å². The van der Waals surface area contributed by atoms with Gasteiger partial charge in [-0.15, -0.1) is 0 Å². The number of aromatic nitrogens is 2. The van der Waals surface area contributed by atoms with Crippen molar-refractivity contribution in [2.24, 2.45) is 5.92 Å². The molecule has 10 heteroatoms. The lowest BCUT2D eigenvalue weighted by molar-refractivity contribution is -0.119. The Morgan fingerprint density at radius 1 is 1.32 bits per heavy atom. The van der Waals surface area contributed by atoms with Crippen molar-refractivity contribution in [3.63, 3.8) is 0 Å². The molecule has 1 saturated heterocycles. The maximum Gasteiger partial charge on any atom is 0.343 e. The topological polar surface area (TPSA) is 93.5 Å². The van der Waals surface area contributed by atoms with Gasteiger partial charge in [0.15, 0.2) is 11.6 Å². The van der Waals surface area contributed by atoms with Gasteiger partial charge in [0.05, 0.1) is 18.5 Å². The summed E-state index contributed by atoms with van der Waals surface area (Å²) < 4.78 is 36.1. The lowest BCUT2D eigenvalue weighted by atomic mass is 10.1. The lowest BCUT2D eigenvalue weighted by Crippen LogP contribution is -2.31. The molecule has 2 aromatic rings. The molecule has 0 unspecified atom stereocenters. The van der Waals surface area contributed by atoms with Crippen LogP contribution in [0.1, 0.15) is 43.1 Å². The Hall–Kier alpha value is -3.04. The fourth-order valence-corrected chi connectivity index (χ4v) is 3.92. The number of halogens is 2. The van der Waals surface area contributed by atoms with E-state index in [1.54, 1.807) is 11.5 Å². The molecular weight excluding hydrogens is 410 g/mol. The molecule has 1 amide bonds. The van der Waals surface area contributed by atoms with Crippen LogP contribution in [0.5, 0.6) is 0 Å². The van der Waals surface area contributed by atoms with E-state index in [0.29, 0.717) is 0 Å². The number of esters is 1. The largest absolute Gasteiger partial charge is 0.462 e. The molecule has 0 aromatic carbocycles. The zero-order valence-corrected chi connectivity index (χ0v) is 17.4. The summed E-state index contributed by atoms with van der Waals surface area (Å²) in [5, 5.41) is 2.58. The third-order valence-corrected chi connectivity index (χ3v) is 5.65. The predicted molar refractivity (Wildman–Crippen MR) is 109 cm³/mol. The first kappa shape index (κ1) is 21.2. The number of hydrogen-bond donors (Lipinski definition) is 1. The number of rotatable bonds is 6. The van der Waals surface area contributed by atoms with Crippen LogP contribution >= 0.6 is 0 Å². The number of ether oxygens (including phenoxy) is 1. The summed E-state index contributed by atoms with van der Waals surface area (Å²) in [6.07, 6.45) is 1.88. The van der Waals surface area contributed by atoms with Crippen LogP contribution < -0.4 is 15.6 Å². The summed E-state index contributed by atoms with van der Waals surface area (Å²) in [4.78, 5) is 42.1. The van der Waals surface area contributed by atoms with Gasteiger partial charge in [-0.1, -0.05) is 0 Å². The van der Waals surface area contributed by atoms with Crippen molar-refractivity contribution < 1.29 is 23.1 Å². The number of amides is 1. The van der Waals surface area contributed by atoms with Crippen molar-refractivity contribution in [3.05, 3.63) is 33.9 Å². The highest BCUT2D eigenvalue weighted by molar-refractivity contribution is 5.93. The molecule has 1 N–H and O–H groups in total. The second-order valence-electron chi connectivity index (χ2n) is 8.01. The van der Waals surface area contributed by atoms with Gasteiger partial charge in [-0.25, -0.2) is 18.6 Å². The average Bonchev–Trinajstić information content (AvgIpc) is 3.49. The first-order valence-electron chi connectivity index (χ1n) is 10.4. The Bertz CT molecular complexity index is 1100. The second kappa shape index (κ2) is 8.24. The normalized spacial score (nSPS) is 20.8. The van der Waals surface area contributed by atoms with E-state index in [4.69, 9.17) is 4.74 Å². The molecular formula is C21H24F2N4O4. The standard InChI is InChI=1S/C21H24F2N4O4/c1-3-31-21(30)15-9-27(13-4-5-13)19-14(18(15)29)6-16(22)20(25-19)26-8-12(17(23)10-26)7-24-11(2)28/h6,9,12-13,17H,3-5,7-8,10H2,1-2H3,(H,24,28)/t12-,17+/m1/s1.